The van der Waals surface area contributed by atoms with E-state index in [0.29, 0.717) is 5.75 Å². The summed E-state index contributed by atoms with van der Waals surface area (Å²) in [4.78, 5) is 24.3. The number of hydrogen-bond acceptors (Lipinski definition) is 6. The van der Waals surface area contributed by atoms with Crippen LogP contribution >= 0.6 is 7.82 Å². The normalized spacial score (nSPS) is 13.2. The predicted octanol–water partition coefficient (Wildman–Crippen LogP) is 2.89. The Morgan fingerprint density at radius 2 is 1.12 bits per heavy atom. The van der Waals surface area contributed by atoms with Crippen LogP contribution in [0.15, 0.2) is 78.9 Å². The van der Waals surface area contributed by atoms with Crippen LogP contribution in [0.1, 0.15) is 45.7 Å². The van der Waals surface area contributed by atoms with Crippen LogP contribution in [-0.4, -0.2) is 5.97 Å². The van der Waals surface area contributed by atoms with Crippen molar-refractivity contribution in [3.05, 3.63) is 90.0 Å². The fraction of sp³-hybridized carbons (Fsp3) is 0.269. The van der Waals surface area contributed by atoms with Gasteiger partial charge in [-0.05, 0) is 68.3 Å². The van der Waals surface area contributed by atoms with Gasteiger partial charge in [-0.25, -0.2) is 4.57 Å². The van der Waals surface area contributed by atoms with Gasteiger partial charge < -0.3 is 18.7 Å². The van der Waals surface area contributed by atoms with E-state index < -0.39 is 19.2 Å². The minimum absolute atomic E-state index is 0. The molecule has 0 amide bonds. The molecule has 0 saturated carbocycles. The van der Waals surface area contributed by atoms with Crippen LogP contribution in [0.4, 0.5) is 0 Å². The van der Waals surface area contributed by atoms with Gasteiger partial charge in [0.15, 0.2) is 0 Å². The molecule has 1 unspecified atom stereocenters. The number of rotatable bonds is 7. The summed E-state index contributed by atoms with van der Waals surface area (Å²) in [6, 6.07) is 22.6. The summed E-state index contributed by atoms with van der Waals surface area (Å²) in [5.41, 5.74) is 1.26. The molecule has 6 nitrogen and oxygen atoms in total. The number of benzene rings is 3. The minimum atomic E-state index is -4.68. The van der Waals surface area contributed by atoms with E-state index in [2.05, 4.69) is 26.0 Å². The van der Waals surface area contributed by atoms with E-state index in [4.69, 9.17) is 13.8 Å². The zero-order valence-corrected chi connectivity index (χ0v) is 23.3. The number of phosphoric acid groups is 1. The van der Waals surface area contributed by atoms with Crippen molar-refractivity contribution < 1.29 is 57.6 Å². The van der Waals surface area contributed by atoms with E-state index in [1.165, 1.54) is 24.3 Å². The first-order chi connectivity index (χ1) is 15.4. The Kier molecular flexibility index (Phi) is 9.20. The van der Waals surface area contributed by atoms with Crippen molar-refractivity contribution >= 4 is 13.8 Å². The van der Waals surface area contributed by atoms with E-state index >= 15 is 0 Å². The van der Waals surface area contributed by atoms with E-state index in [1.54, 1.807) is 32.9 Å². The van der Waals surface area contributed by atoms with Gasteiger partial charge in [-0.2, -0.15) is 0 Å². The molecule has 0 bridgehead atoms. The molecule has 0 radical (unpaired) electrons. The summed E-state index contributed by atoms with van der Waals surface area (Å²) in [5.74, 6) is 0.0934. The predicted molar refractivity (Wildman–Crippen MR) is 125 cm³/mol. The first-order valence-electron chi connectivity index (χ1n) is 10.6. The Morgan fingerprint density at radius 3 is 1.59 bits per heavy atom. The van der Waals surface area contributed by atoms with Crippen molar-refractivity contribution in [1.82, 2.24) is 0 Å². The summed E-state index contributed by atoms with van der Waals surface area (Å²) >= 11 is 0. The van der Waals surface area contributed by atoms with Crippen molar-refractivity contribution in [2.24, 2.45) is 5.41 Å². The number of carbonyl (C=O) groups is 1. The fourth-order valence-corrected chi connectivity index (χ4v) is 3.86. The van der Waals surface area contributed by atoms with Crippen molar-refractivity contribution in [2.45, 2.75) is 40.0 Å². The summed E-state index contributed by atoms with van der Waals surface area (Å²) in [6.07, 6.45) is 0. The van der Waals surface area contributed by atoms with Gasteiger partial charge in [-0.15, -0.1) is 0 Å². The standard InChI is InChI=1S/C26H29O6P.Na/c1-25(2,3)24(27)30-21-15-17-23(18-16-21)32-33(28,29)31-22-13-11-20(12-14-22)26(4,5)19-9-7-6-8-10-19;/h6-18H,1-5H3,(H,28,29);/q;+1/p-1. The molecule has 0 aliphatic carbocycles. The summed E-state index contributed by atoms with van der Waals surface area (Å²) in [5, 5.41) is 0. The molecule has 3 aromatic rings. The van der Waals surface area contributed by atoms with Crippen LogP contribution in [0.5, 0.6) is 17.2 Å². The van der Waals surface area contributed by atoms with Crippen LogP contribution in [0, 0.1) is 5.41 Å². The van der Waals surface area contributed by atoms with Crippen molar-refractivity contribution in [2.75, 3.05) is 0 Å². The average Bonchev–Trinajstić information content (AvgIpc) is 2.75. The van der Waals surface area contributed by atoms with Gasteiger partial charge in [-0.3, -0.25) is 4.79 Å². The van der Waals surface area contributed by atoms with Gasteiger partial charge in [0.25, 0.3) is 0 Å². The molecule has 0 spiro atoms. The smallest absolute Gasteiger partial charge is 0.736 e. The summed E-state index contributed by atoms with van der Waals surface area (Å²) in [7, 11) is -4.68. The molecule has 3 rings (SSSR count). The average molecular weight is 490 g/mol. The first kappa shape index (κ1) is 28.2. The molecule has 8 heteroatoms. The molecule has 34 heavy (non-hydrogen) atoms. The second kappa shape index (κ2) is 11.1. The molecule has 1 atom stereocenters. The Hall–Kier alpha value is -2.08. The topological polar surface area (TPSA) is 84.9 Å². The van der Waals surface area contributed by atoms with E-state index in [1.807, 2.05) is 30.3 Å². The molecular weight excluding hydrogens is 462 g/mol. The van der Waals surface area contributed by atoms with Crippen molar-refractivity contribution in [1.29, 1.82) is 0 Å². The molecule has 3 aromatic carbocycles. The molecule has 0 heterocycles. The Balaban J connectivity index is 0.00000408. The van der Waals surface area contributed by atoms with E-state index in [0.717, 1.165) is 11.1 Å². The van der Waals surface area contributed by atoms with Gasteiger partial charge in [0.2, 0.25) is 0 Å². The molecular formula is C26H28NaO6P. The molecule has 174 valence electrons. The van der Waals surface area contributed by atoms with Gasteiger partial charge in [0.05, 0.1) is 5.41 Å². The van der Waals surface area contributed by atoms with E-state index in [9.17, 15) is 14.3 Å². The van der Waals surface area contributed by atoms with E-state index in [-0.39, 0.29) is 46.5 Å². The Labute approximate surface area is 223 Å². The summed E-state index contributed by atoms with van der Waals surface area (Å²) in [6.45, 7) is 9.43. The van der Waals surface area contributed by atoms with Gasteiger partial charge in [-0.1, -0.05) is 56.3 Å². The van der Waals surface area contributed by atoms with Crippen LogP contribution in [0.2, 0.25) is 0 Å². The number of phosphoric ester groups is 1. The third-order valence-corrected chi connectivity index (χ3v) is 6.02. The molecule has 0 fully saturated rings. The fourth-order valence-electron chi connectivity index (χ4n) is 3.06. The quantitative estimate of drug-likeness (QED) is 0.219. The van der Waals surface area contributed by atoms with Crippen molar-refractivity contribution in [3.8, 4) is 17.2 Å². The number of hydrogen-bond donors (Lipinski definition) is 0. The molecule has 0 saturated heterocycles. The maximum Gasteiger partial charge on any atom is 1.00 e. The zero-order chi connectivity index (χ0) is 24.3. The molecule has 0 aliphatic heterocycles. The van der Waals surface area contributed by atoms with Crippen molar-refractivity contribution in [3.63, 3.8) is 0 Å². The maximum atomic E-state index is 12.4. The molecule has 0 aromatic heterocycles. The van der Waals surface area contributed by atoms with Gasteiger partial charge >= 0.3 is 43.3 Å². The number of carbonyl (C=O) groups excluding carboxylic acids is 1. The second-order valence-corrected chi connectivity index (χ2v) is 10.5. The van der Waals surface area contributed by atoms with Gasteiger partial charge in [0.1, 0.15) is 17.2 Å². The minimum Gasteiger partial charge on any atom is -0.736 e. The van der Waals surface area contributed by atoms with Crippen LogP contribution < -0.4 is 48.2 Å². The number of esters is 1. The van der Waals surface area contributed by atoms with Crippen LogP contribution in [0.3, 0.4) is 0 Å². The van der Waals surface area contributed by atoms with Crippen LogP contribution in [0.25, 0.3) is 0 Å². The third-order valence-electron chi connectivity index (χ3n) is 5.15. The third kappa shape index (κ3) is 7.46. The van der Waals surface area contributed by atoms with Gasteiger partial charge in [0, 0.05) is 5.41 Å². The molecule has 0 N–H and O–H groups in total. The molecule has 0 aliphatic rings. The second-order valence-electron chi connectivity index (χ2n) is 9.26. The Morgan fingerprint density at radius 1 is 0.706 bits per heavy atom. The number of ether oxygens (including phenoxy) is 1. The largest absolute Gasteiger partial charge is 1.00 e. The monoisotopic (exact) mass is 490 g/mol. The maximum absolute atomic E-state index is 12.4. The SMILES string of the molecule is CC(C)(C)C(=O)Oc1ccc(OP(=O)([O-])Oc2ccc(C(C)(C)c3ccccc3)cc2)cc1.[Na+]. The van der Waals surface area contributed by atoms with Crippen LogP contribution in [-0.2, 0) is 14.8 Å². The first-order valence-corrected chi connectivity index (χ1v) is 12.0. The summed E-state index contributed by atoms with van der Waals surface area (Å²) < 4.78 is 27.8. The zero-order valence-electron chi connectivity index (χ0n) is 20.4. The Bertz CT molecular complexity index is 1140.